The van der Waals surface area contributed by atoms with Crippen LogP contribution in [0.25, 0.3) is 0 Å². The smallest absolute Gasteiger partial charge is 0.101 e. The molecule has 1 aromatic rings. The Morgan fingerprint density at radius 1 is 1.57 bits per heavy atom. The summed E-state index contributed by atoms with van der Waals surface area (Å²) in [6, 6.07) is 6.73. The molecule has 0 amide bonds. The number of aliphatic hydroxyl groups is 1. The van der Waals surface area contributed by atoms with Crippen molar-refractivity contribution < 1.29 is 5.11 Å². The lowest BCUT2D eigenvalue weighted by Crippen LogP contribution is -1.84. The van der Waals surface area contributed by atoms with E-state index in [0.717, 1.165) is 6.42 Å². The maximum atomic E-state index is 8.43. The van der Waals surface area contributed by atoms with E-state index in [1.807, 2.05) is 13.0 Å². The molecule has 0 heterocycles. The summed E-state index contributed by atoms with van der Waals surface area (Å²) in [7, 11) is 0. The quantitative estimate of drug-likeness (QED) is 0.701. The van der Waals surface area contributed by atoms with Gasteiger partial charge in [-0.15, -0.1) is 0 Å². The largest absolute Gasteiger partial charge is 0.399 e. The van der Waals surface area contributed by atoms with E-state index in [2.05, 4.69) is 0 Å². The summed E-state index contributed by atoms with van der Waals surface area (Å²) < 4.78 is 0. The minimum absolute atomic E-state index is 0.319. The first-order valence-electron chi connectivity index (χ1n) is 4.21. The van der Waals surface area contributed by atoms with Gasteiger partial charge < -0.3 is 10.8 Å². The topological polar surface area (TPSA) is 70.0 Å². The van der Waals surface area contributed by atoms with Gasteiger partial charge in [0.05, 0.1) is 10.6 Å². The van der Waals surface area contributed by atoms with Crippen molar-refractivity contribution in [1.82, 2.24) is 0 Å². The Labute approximate surface area is 88.7 Å². The van der Waals surface area contributed by atoms with Gasteiger partial charge in [-0.2, -0.15) is 5.26 Å². The molecule has 14 heavy (non-hydrogen) atoms. The number of anilines is 1. The Kier molecular flexibility index (Phi) is 6.55. The van der Waals surface area contributed by atoms with Gasteiger partial charge in [0.15, 0.2) is 0 Å². The molecule has 0 aliphatic carbocycles. The zero-order valence-electron chi connectivity index (χ0n) is 8.00. The highest BCUT2D eigenvalue weighted by atomic mass is 35.5. The summed E-state index contributed by atoms with van der Waals surface area (Å²) in [5.74, 6) is 0. The minimum Gasteiger partial charge on any atom is -0.399 e. The SMILES string of the molecule is CCCO.N#Cc1ccc(N)cc1Cl. The van der Waals surface area contributed by atoms with Crippen molar-refractivity contribution in [1.29, 1.82) is 5.26 Å². The van der Waals surface area contributed by atoms with Crippen LogP contribution in [0.5, 0.6) is 0 Å². The molecule has 3 nitrogen and oxygen atoms in total. The van der Waals surface area contributed by atoms with E-state index in [9.17, 15) is 0 Å². The van der Waals surface area contributed by atoms with Gasteiger partial charge in [0.1, 0.15) is 6.07 Å². The Bertz CT molecular complexity index is 318. The minimum atomic E-state index is 0.319. The summed E-state index contributed by atoms with van der Waals surface area (Å²) in [5.41, 5.74) is 6.42. The highest BCUT2D eigenvalue weighted by Crippen LogP contribution is 2.17. The van der Waals surface area contributed by atoms with E-state index >= 15 is 0 Å². The molecule has 1 aromatic carbocycles. The van der Waals surface area contributed by atoms with E-state index in [-0.39, 0.29) is 0 Å². The van der Waals surface area contributed by atoms with Crippen LogP contribution in [-0.2, 0) is 0 Å². The number of benzene rings is 1. The zero-order valence-corrected chi connectivity index (χ0v) is 8.75. The number of halogens is 1. The van der Waals surface area contributed by atoms with Crippen LogP contribution in [0.2, 0.25) is 5.02 Å². The Morgan fingerprint density at radius 2 is 2.14 bits per heavy atom. The fourth-order valence-corrected chi connectivity index (χ4v) is 0.853. The second-order valence-electron chi connectivity index (χ2n) is 2.57. The number of rotatable bonds is 1. The summed E-state index contributed by atoms with van der Waals surface area (Å²) in [5, 5.41) is 16.7. The van der Waals surface area contributed by atoms with Crippen LogP contribution >= 0.6 is 11.6 Å². The van der Waals surface area contributed by atoms with Crippen LogP contribution in [-0.4, -0.2) is 11.7 Å². The molecule has 0 aliphatic heterocycles. The van der Waals surface area contributed by atoms with Crippen LogP contribution in [0, 0.1) is 11.3 Å². The molecule has 76 valence electrons. The van der Waals surface area contributed by atoms with E-state index in [1.165, 1.54) is 0 Å². The first-order chi connectivity index (χ1) is 6.65. The molecular weight excluding hydrogens is 200 g/mol. The van der Waals surface area contributed by atoms with Crippen molar-refractivity contribution in [3.05, 3.63) is 28.8 Å². The molecule has 0 spiro atoms. The predicted molar refractivity (Wildman–Crippen MR) is 58.0 cm³/mol. The third-order valence-electron chi connectivity index (χ3n) is 1.34. The van der Waals surface area contributed by atoms with Crippen molar-refractivity contribution in [2.75, 3.05) is 12.3 Å². The molecule has 4 heteroatoms. The van der Waals surface area contributed by atoms with Gasteiger partial charge in [-0.3, -0.25) is 0 Å². The summed E-state index contributed by atoms with van der Waals surface area (Å²) in [4.78, 5) is 0. The van der Waals surface area contributed by atoms with Crippen molar-refractivity contribution in [2.24, 2.45) is 0 Å². The van der Waals surface area contributed by atoms with Crippen molar-refractivity contribution >= 4 is 17.3 Å². The molecule has 0 saturated heterocycles. The third-order valence-corrected chi connectivity index (χ3v) is 1.65. The monoisotopic (exact) mass is 212 g/mol. The van der Waals surface area contributed by atoms with Crippen LogP contribution in [0.3, 0.4) is 0 Å². The number of nitrogen functional groups attached to an aromatic ring is 1. The molecule has 0 aromatic heterocycles. The number of nitrogens with zero attached hydrogens (tertiary/aromatic N) is 1. The average Bonchev–Trinajstić information content (AvgIpc) is 2.18. The van der Waals surface area contributed by atoms with Gasteiger partial charge >= 0.3 is 0 Å². The molecule has 0 atom stereocenters. The summed E-state index contributed by atoms with van der Waals surface area (Å²) in [6.45, 7) is 2.25. The van der Waals surface area contributed by atoms with Crippen molar-refractivity contribution in [3.63, 3.8) is 0 Å². The number of aliphatic hydroxyl groups excluding tert-OH is 1. The Balaban J connectivity index is 0.000000364. The van der Waals surface area contributed by atoms with E-state index in [0.29, 0.717) is 22.9 Å². The van der Waals surface area contributed by atoms with E-state index in [1.54, 1.807) is 18.2 Å². The zero-order chi connectivity index (χ0) is 11.0. The van der Waals surface area contributed by atoms with Gasteiger partial charge in [-0.1, -0.05) is 18.5 Å². The third kappa shape index (κ3) is 4.70. The molecule has 0 radical (unpaired) electrons. The average molecular weight is 213 g/mol. The van der Waals surface area contributed by atoms with Crippen LogP contribution in [0.4, 0.5) is 5.69 Å². The van der Waals surface area contributed by atoms with Gasteiger partial charge in [-0.05, 0) is 24.6 Å². The lowest BCUT2D eigenvalue weighted by Gasteiger charge is -1.94. The van der Waals surface area contributed by atoms with Crippen LogP contribution in [0.15, 0.2) is 18.2 Å². The lowest BCUT2D eigenvalue weighted by atomic mass is 10.2. The van der Waals surface area contributed by atoms with E-state index < -0.39 is 0 Å². The van der Waals surface area contributed by atoms with Gasteiger partial charge in [-0.25, -0.2) is 0 Å². The highest BCUT2D eigenvalue weighted by Gasteiger charge is 1.96. The molecule has 0 bridgehead atoms. The summed E-state index contributed by atoms with van der Waals surface area (Å²) in [6.07, 6.45) is 0.875. The fraction of sp³-hybridized carbons (Fsp3) is 0.300. The van der Waals surface area contributed by atoms with Gasteiger partial charge in [0, 0.05) is 12.3 Å². The second kappa shape index (κ2) is 7.19. The maximum Gasteiger partial charge on any atom is 0.101 e. The molecule has 0 aliphatic rings. The molecular formula is C10H13ClN2O. The molecule has 1 rings (SSSR count). The Hall–Kier alpha value is -1.24. The normalized spacial score (nSPS) is 8.43. The van der Waals surface area contributed by atoms with Crippen molar-refractivity contribution in [2.45, 2.75) is 13.3 Å². The van der Waals surface area contributed by atoms with Crippen LogP contribution < -0.4 is 5.73 Å². The molecule has 3 N–H and O–H groups in total. The van der Waals surface area contributed by atoms with Crippen LogP contribution in [0.1, 0.15) is 18.9 Å². The number of nitriles is 1. The molecule has 0 fully saturated rings. The number of hydrogen-bond acceptors (Lipinski definition) is 3. The standard InChI is InChI=1S/C7H5ClN2.C3H8O/c8-7-3-6(10)2-1-5(7)4-9;1-2-3-4/h1-3H,10H2;4H,2-3H2,1H3. The number of nitrogens with two attached hydrogens (primary N) is 1. The highest BCUT2D eigenvalue weighted by molar-refractivity contribution is 6.32. The Morgan fingerprint density at radius 3 is 2.50 bits per heavy atom. The maximum absolute atomic E-state index is 8.43. The summed E-state index contributed by atoms with van der Waals surface area (Å²) >= 11 is 5.63. The first kappa shape index (κ1) is 12.8. The molecule has 0 saturated carbocycles. The lowest BCUT2D eigenvalue weighted by molar-refractivity contribution is 0.295. The van der Waals surface area contributed by atoms with Crippen molar-refractivity contribution in [3.8, 4) is 6.07 Å². The first-order valence-corrected chi connectivity index (χ1v) is 4.59. The number of hydrogen-bond donors (Lipinski definition) is 2. The molecule has 0 unspecified atom stereocenters. The van der Waals surface area contributed by atoms with Gasteiger partial charge in [0.2, 0.25) is 0 Å². The second-order valence-corrected chi connectivity index (χ2v) is 2.98. The fourth-order valence-electron chi connectivity index (χ4n) is 0.622. The van der Waals surface area contributed by atoms with Gasteiger partial charge in [0.25, 0.3) is 0 Å². The van der Waals surface area contributed by atoms with E-state index in [4.69, 9.17) is 27.7 Å². The predicted octanol–water partition coefficient (Wildman–Crippen LogP) is 2.18.